The lowest BCUT2D eigenvalue weighted by Crippen LogP contribution is -2.32. The minimum atomic E-state index is -3.46. The van der Waals surface area contributed by atoms with Crippen molar-refractivity contribution in [3.63, 3.8) is 0 Å². The van der Waals surface area contributed by atoms with Crippen LogP contribution >= 0.6 is 0 Å². The number of hydrogen-bond donors (Lipinski definition) is 1. The Kier molecular flexibility index (Phi) is 6.96. The lowest BCUT2D eigenvalue weighted by atomic mass is 10.1. The fourth-order valence-corrected chi connectivity index (χ4v) is 3.84. The summed E-state index contributed by atoms with van der Waals surface area (Å²) in [4.78, 5) is 12.0. The molecule has 146 valence electrons. The van der Waals surface area contributed by atoms with Gasteiger partial charge in [-0.05, 0) is 49.6 Å². The average molecular weight is 392 g/mol. The predicted molar refractivity (Wildman–Crippen MR) is 106 cm³/mol. The number of nitrogens with one attached hydrogen (secondary N) is 1. The van der Waals surface area contributed by atoms with Gasteiger partial charge < -0.3 is 5.32 Å². The molecule has 0 atom stereocenters. The van der Waals surface area contributed by atoms with Crippen molar-refractivity contribution in [2.45, 2.75) is 33.2 Å². The van der Waals surface area contributed by atoms with E-state index in [2.05, 4.69) is 5.32 Å². The third-order valence-corrected chi connectivity index (χ3v) is 5.29. The van der Waals surface area contributed by atoms with E-state index in [-0.39, 0.29) is 31.2 Å². The van der Waals surface area contributed by atoms with E-state index < -0.39 is 10.0 Å². The highest BCUT2D eigenvalue weighted by molar-refractivity contribution is 7.92. The fraction of sp³-hybridized carbons (Fsp3) is 0.350. The fourth-order valence-electron chi connectivity index (χ4n) is 2.89. The standard InChI is InChI=1S/C20H25FN2O3S/c1-15-11-16(2)13-18(12-15)23(27(3,25)26)10-6-9-20(24)22-14-17-7-4-5-8-19(17)21/h4-5,7-8,11-13H,6,9-10,14H2,1-3H3,(H,22,24). The Hall–Kier alpha value is -2.41. The SMILES string of the molecule is Cc1cc(C)cc(N(CCCC(=O)NCc2ccccc2F)S(C)(=O)=O)c1. The molecule has 2 aromatic carbocycles. The predicted octanol–water partition coefficient (Wildman–Crippen LogP) is 3.31. The van der Waals surface area contributed by atoms with Crippen molar-refractivity contribution in [3.05, 3.63) is 65.0 Å². The molecule has 0 aromatic heterocycles. The second kappa shape index (κ2) is 8.99. The molecule has 0 aliphatic rings. The molecule has 5 nitrogen and oxygen atoms in total. The van der Waals surface area contributed by atoms with Crippen molar-refractivity contribution in [2.75, 3.05) is 17.1 Å². The molecule has 27 heavy (non-hydrogen) atoms. The van der Waals surface area contributed by atoms with E-state index in [0.717, 1.165) is 17.4 Å². The smallest absolute Gasteiger partial charge is 0.232 e. The second-order valence-electron chi connectivity index (χ2n) is 6.65. The van der Waals surface area contributed by atoms with Crippen LogP contribution in [0.15, 0.2) is 42.5 Å². The van der Waals surface area contributed by atoms with Crippen molar-refractivity contribution >= 4 is 21.6 Å². The van der Waals surface area contributed by atoms with E-state index in [1.54, 1.807) is 18.2 Å². The minimum absolute atomic E-state index is 0.109. The average Bonchev–Trinajstić information content (AvgIpc) is 2.56. The molecule has 0 fully saturated rings. The molecule has 0 saturated heterocycles. The van der Waals surface area contributed by atoms with Gasteiger partial charge in [-0.15, -0.1) is 0 Å². The van der Waals surface area contributed by atoms with Gasteiger partial charge in [0.15, 0.2) is 0 Å². The summed E-state index contributed by atoms with van der Waals surface area (Å²) in [5.41, 5.74) is 2.96. The van der Waals surface area contributed by atoms with E-state index >= 15 is 0 Å². The lowest BCUT2D eigenvalue weighted by Gasteiger charge is -2.23. The van der Waals surface area contributed by atoms with E-state index in [0.29, 0.717) is 17.7 Å². The van der Waals surface area contributed by atoms with Crippen LogP contribution in [-0.4, -0.2) is 27.1 Å². The molecule has 0 saturated carbocycles. The summed E-state index contributed by atoms with van der Waals surface area (Å²) in [5, 5.41) is 2.66. The Bertz CT molecular complexity index is 893. The van der Waals surface area contributed by atoms with Gasteiger partial charge in [0.1, 0.15) is 5.82 Å². The van der Waals surface area contributed by atoms with Gasteiger partial charge in [0.25, 0.3) is 0 Å². The summed E-state index contributed by atoms with van der Waals surface area (Å²) in [6.07, 6.45) is 1.68. The normalized spacial score (nSPS) is 11.3. The van der Waals surface area contributed by atoms with Gasteiger partial charge in [-0.3, -0.25) is 9.10 Å². The highest BCUT2D eigenvalue weighted by atomic mass is 32.2. The monoisotopic (exact) mass is 392 g/mol. The zero-order chi connectivity index (χ0) is 20.0. The molecule has 1 N–H and O–H groups in total. The Balaban J connectivity index is 1.94. The molecule has 7 heteroatoms. The Morgan fingerprint density at radius 2 is 1.74 bits per heavy atom. The number of aryl methyl sites for hydroxylation is 2. The van der Waals surface area contributed by atoms with E-state index in [4.69, 9.17) is 0 Å². The van der Waals surface area contributed by atoms with Crippen molar-refractivity contribution in [1.29, 1.82) is 0 Å². The lowest BCUT2D eigenvalue weighted by molar-refractivity contribution is -0.121. The maximum Gasteiger partial charge on any atom is 0.232 e. The highest BCUT2D eigenvalue weighted by Gasteiger charge is 2.18. The Labute approximate surface area is 160 Å². The van der Waals surface area contributed by atoms with Crippen LogP contribution in [0.2, 0.25) is 0 Å². The number of halogens is 1. The summed E-state index contributed by atoms with van der Waals surface area (Å²) < 4.78 is 39.2. The van der Waals surface area contributed by atoms with Crippen LogP contribution in [0.3, 0.4) is 0 Å². The van der Waals surface area contributed by atoms with Crippen LogP contribution in [0.4, 0.5) is 10.1 Å². The molecule has 0 aliphatic heterocycles. The Morgan fingerprint density at radius 3 is 2.33 bits per heavy atom. The van der Waals surface area contributed by atoms with Crippen LogP contribution in [-0.2, 0) is 21.4 Å². The second-order valence-corrected chi connectivity index (χ2v) is 8.56. The summed E-state index contributed by atoms with van der Waals surface area (Å²) >= 11 is 0. The molecule has 0 spiro atoms. The summed E-state index contributed by atoms with van der Waals surface area (Å²) in [6, 6.07) is 11.8. The third-order valence-electron chi connectivity index (χ3n) is 4.09. The number of anilines is 1. The van der Waals surface area contributed by atoms with Crippen molar-refractivity contribution in [3.8, 4) is 0 Å². The summed E-state index contributed by atoms with van der Waals surface area (Å²) in [7, 11) is -3.46. The van der Waals surface area contributed by atoms with Crippen LogP contribution < -0.4 is 9.62 Å². The number of nitrogens with zero attached hydrogens (tertiary/aromatic N) is 1. The number of benzene rings is 2. The first-order chi connectivity index (χ1) is 12.7. The molecule has 1 amide bonds. The number of amides is 1. The molecular formula is C20H25FN2O3S. The first kappa shape index (κ1) is 20.9. The van der Waals surface area contributed by atoms with Crippen LogP contribution in [0, 0.1) is 19.7 Å². The van der Waals surface area contributed by atoms with Crippen LogP contribution in [0.25, 0.3) is 0 Å². The molecule has 0 aliphatic carbocycles. The summed E-state index contributed by atoms with van der Waals surface area (Å²) in [6.45, 7) is 4.13. The van der Waals surface area contributed by atoms with E-state index in [1.165, 1.54) is 10.4 Å². The first-order valence-corrected chi connectivity index (χ1v) is 10.6. The highest BCUT2D eigenvalue weighted by Crippen LogP contribution is 2.21. The van der Waals surface area contributed by atoms with Gasteiger partial charge in [0.05, 0.1) is 11.9 Å². The van der Waals surface area contributed by atoms with Crippen LogP contribution in [0.1, 0.15) is 29.5 Å². The van der Waals surface area contributed by atoms with Gasteiger partial charge >= 0.3 is 0 Å². The van der Waals surface area contributed by atoms with Crippen molar-refractivity contribution < 1.29 is 17.6 Å². The third kappa shape index (κ3) is 6.36. The molecule has 0 radical (unpaired) electrons. The first-order valence-electron chi connectivity index (χ1n) is 8.73. The van der Waals surface area contributed by atoms with Crippen molar-refractivity contribution in [2.24, 2.45) is 0 Å². The number of carbonyl (C=O) groups excluding carboxylic acids is 1. The van der Waals surface area contributed by atoms with Gasteiger partial charge in [-0.2, -0.15) is 0 Å². The topological polar surface area (TPSA) is 66.5 Å². The molecular weight excluding hydrogens is 367 g/mol. The molecule has 0 heterocycles. The van der Waals surface area contributed by atoms with E-state index in [9.17, 15) is 17.6 Å². The Morgan fingerprint density at radius 1 is 1.11 bits per heavy atom. The zero-order valence-corrected chi connectivity index (χ0v) is 16.6. The van der Waals surface area contributed by atoms with Crippen molar-refractivity contribution in [1.82, 2.24) is 5.32 Å². The van der Waals surface area contributed by atoms with Gasteiger partial charge in [-0.25, -0.2) is 12.8 Å². The molecule has 0 unspecified atom stereocenters. The maximum absolute atomic E-state index is 13.6. The molecule has 2 rings (SSSR count). The van der Waals surface area contributed by atoms with Gasteiger partial charge in [0, 0.05) is 25.1 Å². The quantitative estimate of drug-likeness (QED) is 0.750. The maximum atomic E-state index is 13.6. The van der Waals surface area contributed by atoms with Crippen LogP contribution in [0.5, 0.6) is 0 Å². The zero-order valence-electron chi connectivity index (χ0n) is 15.8. The number of hydrogen-bond acceptors (Lipinski definition) is 3. The summed E-state index contributed by atoms with van der Waals surface area (Å²) in [5.74, 6) is -0.608. The molecule has 0 bridgehead atoms. The van der Waals surface area contributed by atoms with Gasteiger partial charge in [-0.1, -0.05) is 24.3 Å². The van der Waals surface area contributed by atoms with E-state index in [1.807, 2.05) is 32.0 Å². The largest absolute Gasteiger partial charge is 0.352 e. The minimum Gasteiger partial charge on any atom is -0.352 e. The number of carbonyl (C=O) groups is 1. The molecule has 2 aromatic rings. The number of rotatable bonds is 8. The van der Waals surface area contributed by atoms with Gasteiger partial charge in [0.2, 0.25) is 15.9 Å². The number of sulfonamides is 1.